The first kappa shape index (κ1) is 11.9. The first-order valence-electron chi connectivity index (χ1n) is 5.87. The average molecular weight is 235 g/mol. The molecular formula is C12H17N3O2. The Labute approximate surface area is 99.4 Å². The van der Waals surface area contributed by atoms with Gasteiger partial charge in [-0.05, 0) is 25.0 Å². The number of carbonyl (C=O) groups excluding carboxylic acids is 1. The Morgan fingerprint density at radius 1 is 1.47 bits per heavy atom. The normalized spacial score (nSPS) is 17.9. The number of hydrogen-bond donors (Lipinski definition) is 3. The van der Waals surface area contributed by atoms with Gasteiger partial charge in [0.2, 0.25) is 0 Å². The molecule has 1 fully saturated rings. The minimum absolute atomic E-state index is 0.146. The number of aromatic amines is 1. The van der Waals surface area contributed by atoms with E-state index in [1.165, 1.54) is 12.3 Å². The Morgan fingerprint density at radius 3 is 2.76 bits per heavy atom. The Hall–Kier alpha value is -1.62. The van der Waals surface area contributed by atoms with E-state index in [0.717, 1.165) is 25.7 Å². The summed E-state index contributed by atoms with van der Waals surface area (Å²) in [5.41, 5.74) is 5.19. The van der Waals surface area contributed by atoms with E-state index >= 15 is 0 Å². The number of pyridine rings is 1. The molecule has 5 nitrogen and oxygen atoms in total. The maximum Gasteiger partial charge on any atom is 0.260 e. The van der Waals surface area contributed by atoms with Gasteiger partial charge >= 0.3 is 0 Å². The van der Waals surface area contributed by atoms with Crippen LogP contribution in [-0.2, 0) is 0 Å². The van der Waals surface area contributed by atoms with Gasteiger partial charge in [0, 0.05) is 12.7 Å². The van der Waals surface area contributed by atoms with Gasteiger partial charge in [0.25, 0.3) is 11.5 Å². The number of hydrogen-bond acceptors (Lipinski definition) is 3. The molecule has 0 unspecified atom stereocenters. The highest BCUT2D eigenvalue weighted by Crippen LogP contribution is 2.28. The fraction of sp³-hybridized carbons (Fsp3) is 0.500. The molecule has 0 radical (unpaired) electrons. The predicted octanol–water partition coefficient (Wildman–Crippen LogP) is 0.376. The van der Waals surface area contributed by atoms with Crippen LogP contribution in [0.4, 0.5) is 0 Å². The van der Waals surface area contributed by atoms with Gasteiger partial charge in [-0.15, -0.1) is 0 Å². The number of nitrogens with two attached hydrogens (primary N) is 1. The monoisotopic (exact) mass is 235 g/mol. The van der Waals surface area contributed by atoms with Crippen molar-refractivity contribution < 1.29 is 4.79 Å². The first-order chi connectivity index (χ1) is 8.17. The number of nitrogens with one attached hydrogen (secondary N) is 2. The minimum Gasteiger partial charge on any atom is -0.345 e. The van der Waals surface area contributed by atoms with E-state index in [1.54, 1.807) is 6.07 Å². The molecular weight excluding hydrogens is 218 g/mol. The molecule has 1 aromatic rings. The summed E-state index contributed by atoms with van der Waals surface area (Å²) in [6.07, 6.45) is 5.43. The van der Waals surface area contributed by atoms with E-state index in [9.17, 15) is 9.59 Å². The Balaban J connectivity index is 2.17. The summed E-state index contributed by atoms with van der Waals surface area (Å²) < 4.78 is 0. The molecule has 2 rings (SSSR count). The molecule has 0 aromatic carbocycles. The molecule has 17 heavy (non-hydrogen) atoms. The maximum absolute atomic E-state index is 12.0. The summed E-state index contributed by atoms with van der Waals surface area (Å²) in [6, 6.07) is 3.16. The van der Waals surface area contributed by atoms with Crippen LogP contribution in [0.15, 0.2) is 23.1 Å². The van der Waals surface area contributed by atoms with Crippen LogP contribution in [0.5, 0.6) is 0 Å². The van der Waals surface area contributed by atoms with Crippen molar-refractivity contribution in [2.24, 2.45) is 5.73 Å². The van der Waals surface area contributed by atoms with Gasteiger partial charge in [-0.2, -0.15) is 0 Å². The Kier molecular flexibility index (Phi) is 3.28. The summed E-state index contributed by atoms with van der Waals surface area (Å²) in [5, 5.41) is 2.92. The number of rotatable bonds is 3. The molecule has 1 aromatic heterocycles. The van der Waals surface area contributed by atoms with E-state index in [1.807, 2.05) is 0 Å². The van der Waals surface area contributed by atoms with Crippen LogP contribution in [0.2, 0.25) is 0 Å². The third-order valence-corrected chi connectivity index (χ3v) is 3.39. The van der Waals surface area contributed by atoms with Crippen molar-refractivity contribution in [1.29, 1.82) is 0 Å². The van der Waals surface area contributed by atoms with Gasteiger partial charge in [-0.3, -0.25) is 9.59 Å². The van der Waals surface area contributed by atoms with E-state index < -0.39 is 0 Å². The number of aromatic nitrogens is 1. The molecule has 1 saturated carbocycles. The lowest BCUT2D eigenvalue weighted by molar-refractivity contribution is 0.0901. The van der Waals surface area contributed by atoms with Crippen LogP contribution >= 0.6 is 0 Å². The fourth-order valence-corrected chi connectivity index (χ4v) is 2.34. The lowest BCUT2D eigenvalue weighted by Gasteiger charge is -2.28. The molecule has 5 heteroatoms. The van der Waals surface area contributed by atoms with Crippen molar-refractivity contribution >= 4 is 5.91 Å². The lowest BCUT2D eigenvalue weighted by atomic mass is 9.97. The Bertz CT molecular complexity index is 461. The van der Waals surface area contributed by atoms with E-state index in [2.05, 4.69) is 10.3 Å². The highest BCUT2D eigenvalue weighted by atomic mass is 16.2. The molecule has 0 bridgehead atoms. The molecule has 1 aliphatic rings. The predicted molar refractivity (Wildman–Crippen MR) is 64.8 cm³/mol. The quantitative estimate of drug-likeness (QED) is 0.707. The van der Waals surface area contributed by atoms with Crippen LogP contribution in [0.1, 0.15) is 36.0 Å². The van der Waals surface area contributed by atoms with Gasteiger partial charge in [0.15, 0.2) is 0 Å². The molecule has 0 aliphatic heterocycles. The molecule has 4 N–H and O–H groups in total. The average Bonchev–Trinajstić information content (AvgIpc) is 2.79. The zero-order valence-electron chi connectivity index (χ0n) is 9.66. The number of H-pyrrole nitrogens is 1. The summed E-state index contributed by atoms with van der Waals surface area (Å²) in [7, 11) is 0. The molecule has 92 valence electrons. The topological polar surface area (TPSA) is 88.0 Å². The van der Waals surface area contributed by atoms with Gasteiger partial charge in [0.05, 0.1) is 5.54 Å². The highest BCUT2D eigenvalue weighted by molar-refractivity contribution is 5.94. The van der Waals surface area contributed by atoms with E-state index in [4.69, 9.17) is 5.73 Å². The smallest absolute Gasteiger partial charge is 0.260 e. The van der Waals surface area contributed by atoms with Gasteiger partial charge < -0.3 is 16.0 Å². The molecule has 0 saturated heterocycles. The van der Waals surface area contributed by atoms with Crippen LogP contribution in [0.25, 0.3) is 0 Å². The Morgan fingerprint density at radius 2 is 2.18 bits per heavy atom. The highest BCUT2D eigenvalue weighted by Gasteiger charge is 2.34. The standard InChI is InChI=1S/C12H17N3O2/c13-8-12(5-1-2-6-12)15-11(17)9-4-3-7-14-10(9)16/h3-4,7H,1-2,5-6,8,13H2,(H,14,16)(H,15,17). The molecule has 0 atom stereocenters. The second-order valence-corrected chi connectivity index (χ2v) is 4.56. The molecule has 0 spiro atoms. The van der Waals surface area contributed by atoms with Crippen LogP contribution < -0.4 is 16.6 Å². The van der Waals surface area contributed by atoms with Crippen molar-refractivity contribution in [2.45, 2.75) is 31.2 Å². The summed E-state index contributed by atoms with van der Waals surface area (Å²) in [5.74, 6) is -0.334. The third kappa shape index (κ3) is 2.39. The number of carbonyl (C=O) groups is 1. The largest absolute Gasteiger partial charge is 0.345 e. The second-order valence-electron chi connectivity index (χ2n) is 4.56. The van der Waals surface area contributed by atoms with Gasteiger partial charge in [-0.1, -0.05) is 12.8 Å². The van der Waals surface area contributed by atoms with Crippen molar-refractivity contribution in [3.05, 3.63) is 34.2 Å². The van der Waals surface area contributed by atoms with Crippen LogP contribution in [-0.4, -0.2) is 23.0 Å². The van der Waals surface area contributed by atoms with Crippen molar-refractivity contribution in [2.75, 3.05) is 6.54 Å². The van der Waals surface area contributed by atoms with Crippen molar-refractivity contribution in [1.82, 2.24) is 10.3 Å². The zero-order chi connectivity index (χ0) is 12.3. The second kappa shape index (κ2) is 4.71. The molecule has 1 aliphatic carbocycles. The molecule has 1 heterocycles. The van der Waals surface area contributed by atoms with E-state index in [0.29, 0.717) is 6.54 Å². The summed E-state index contributed by atoms with van der Waals surface area (Å²) in [6.45, 7) is 0.420. The maximum atomic E-state index is 12.0. The van der Waals surface area contributed by atoms with Crippen LogP contribution in [0.3, 0.4) is 0 Å². The summed E-state index contributed by atoms with van der Waals surface area (Å²) >= 11 is 0. The SMILES string of the molecule is NCC1(NC(=O)c2ccc[nH]c2=O)CCCC1. The number of amides is 1. The fourth-order valence-electron chi connectivity index (χ4n) is 2.34. The third-order valence-electron chi connectivity index (χ3n) is 3.39. The first-order valence-corrected chi connectivity index (χ1v) is 5.87. The van der Waals surface area contributed by atoms with Crippen molar-refractivity contribution in [3.8, 4) is 0 Å². The van der Waals surface area contributed by atoms with Crippen molar-refractivity contribution in [3.63, 3.8) is 0 Å². The van der Waals surface area contributed by atoms with Gasteiger partial charge in [0.1, 0.15) is 5.56 Å². The zero-order valence-corrected chi connectivity index (χ0v) is 9.66. The lowest BCUT2D eigenvalue weighted by Crippen LogP contribution is -2.52. The van der Waals surface area contributed by atoms with E-state index in [-0.39, 0.29) is 22.6 Å². The minimum atomic E-state index is -0.366. The molecule has 1 amide bonds. The van der Waals surface area contributed by atoms with Crippen LogP contribution in [0, 0.1) is 0 Å². The summed E-state index contributed by atoms with van der Waals surface area (Å²) in [4.78, 5) is 26.0. The van der Waals surface area contributed by atoms with Gasteiger partial charge in [-0.25, -0.2) is 0 Å².